The molecule has 0 bridgehead atoms. The molecule has 4 aliphatic carbocycles. The molecule has 0 aromatic rings. The Hall–Kier alpha value is -0.338. The number of ether oxygens (including phenoxy) is 1. The van der Waals surface area contributed by atoms with Gasteiger partial charge in [-0.3, -0.25) is 14.4 Å². The van der Waals surface area contributed by atoms with Gasteiger partial charge in [0.2, 0.25) is 5.78 Å². The van der Waals surface area contributed by atoms with Gasteiger partial charge in [0.05, 0.1) is 12.5 Å². The number of aliphatic carboxylic acids is 1. The van der Waals surface area contributed by atoms with Gasteiger partial charge in [0.15, 0.2) is 18.1 Å². The predicted molar refractivity (Wildman–Crippen MR) is 118 cm³/mol. The Morgan fingerprint density at radius 1 is 1.22 bits per heavy atom. The van der Waals surface area contributed by atoms with Gasteiger partial charge < -0.3 is 24.9 Å². The molecule has 0 saturated heterocycles. The average Bonchev–Trinajstić information content (AvgIpc) is 2.99. The Morgan fingerprint density at radius 3 is 2.53 bits per heavy atom. The zero-order chi connectivity index (χ0) is 26.0. The zero-order valence-corrected chi connectivity index (χ0v) is 27.5. The number of hydrogen-bond acceptors (Lipinski definition) is 8. The summed E-state index contributed by atoms with van der Waals surface area (Å²) in [5, 5.41) is 33.6. The number of carbonyl (C=O) groups excluding carboxylic acids is 4. The first-order valence-electron chi connectivity index (χ1n) is 12.1. The van der Waals surface area contributed by atoms with Gasteiger partial charge in [-0.2, -0.15) is 0 Å². The van der Waals surface area contributed by atoms with E-state index in [4.69, 9.17) is 4.74 Å². The third kappa shape index (κ3) is 4.27. The summed E-state index contributed by atoms with van der Waals surface area (Å²) in [6, 6.07) is 0. The number of ketones is 2. The standard InChI is InChI=1S/C26H33FO8.Cs/c1-14-10-18-17-5-4-15-11-16(28)8-9-23(15,2)25(17,27)19(29)12-24(18,3)26(14,34)20(30)13-35-22(33)7-6-21(31)32;/h8-9,11,14,17-19,29,34H,4-7,10,12-13H2,1-3H3,(H,31,32);/q;+1/p-1/t14-,17+,18+,19+,23+,24+,25+,26+;/m1./s1. The maximum atomic E-state index is 17.1. The summed E-state index contributed by atoms with van der Waals surface area (Å²) < 4.78 is 22.0. The Kier molecular flexibility index (Phi) is 8.67. The number of carboxylic acids is 1. The molecule has 3 fully saturated rings. The van der Waals surface area contributed by atoms with Crippen molar-refractivity contribution in [2.24, 2.45) is 28.6 Å². The maximum absolute atomic E-state index is 17.1. The first-order chi connectivity index (χ1) is 16.2. The van der Waals surface area contributed by atoms with E-state index in [1.165, 1.54) is 12.2 Å². The molecule has 0 amide bonds. The quantitative estimate of drug-likeness (QED) is 0.323. The number of alkyl halides is 1. The molecule has 4 aliphatic rings. The number of halogens is 1. The van der Waals surface area contributed by atoms with Crippen LogP contribution in [0, 0.1) is 28.6 Å². The molecule has 8 nitrogen and oxygen atoms in total. The van der Waals surface area contributed by atoms with Crippen molar-refractivity contribution in [3.05, 3.63) is 23.8 Å². The minimum Gasteiger partial charge on any atom is -0.550 e. The third-order valence-corrected chi connectivity index (χ3v) is 9.55. The van der Waals surface area contributed by atoms with Crippen LogP contribution >= 0.6 is 0 Å². The molecule has 4 rings (SSSR count). The van der Waals surface area contributed by atoms with Gasteiger partial charge in [-0.1, -0.05) is 25.5 Å². The minimum atomic E-state index is -2.08. The fraction of sp³-hybridized carbons (Fsp3) is 0.692. The van der Waals surface area contributed by atoms with Crippen LogP contribution in [0.4, 0.5) is 4.39 Å². The Morgan fingerprint density at radius 2 is 1.89 bits per heavy atom. The number of rotatable bonds is 6. The van der Waals surface area contributed by atoms with Crippen molar-refractivity contribution in [2.45, 2.75) is 76.7 Å². The number of carbonyl (C=O) groups is 4. The van der Waals surface area contributed by atoms with Crippen LogP contribution in [0.25, 0.3) is 0 Å². The van der Waals surface area contributed by atoms with E-state index in [0.717, 1.165) is 0 Å². The second kappa shape index (κ2) is 10.3. The molecule has 0 aliphatic heterocycles. The van der Waals surface area contributed by atoms with Crippen LogP contribution < -0.4 is 74.0 Å². The summed E-state index contributed by atoms with van der Waals surface area (Å²) in [6.45, 7) is 4.34. The first-order valence-corrected chi connectivity index (χ1v) is 12.1. The SMILES string of the molecule is C[C@@H]1C[C@H]2[C@@H]3CCC4=CC(=O)C=C[C@]4(C)[C@@]3(F)[C@@H](O)C[C@]2(C)[C@@]1(O)C(=O)COC(=O)CCC(=O)[O-].[Cs+]. The summed E-state index contributed by atoms with van der Waals surface area (Å²) in [7, 11) is 0. The van der Waals surface area contributed by atoms with Crippen molar-refractivity contribution in [3.8, 4) is 0 Å². The van der Waals surface area contributed by atoms with E-state index < -0.39 is 83.1 Å². The average molecular weight is 624 g/mol. The molecule has 0 spiro atoms. The van der Waals surface area contributed by atoms with Crippen molar-refractivity contribution in [1.82, 2.24) is 0 Å². The van der Waals surface area contributed by atoms with Crippen LogP contribution in [-0.2, 0) is 23.9 Å². The smallest absolute Gasteiger partial charge is 0.550 e. The number of carboxylic acid groups (broad SMARTS) is 1. The monoisotopic (exact) mass is 624 g/mol. The zero-order valence-electron chi connectivity index (χ0n) is 21.2. The summed E-state index contributed by atoms with van der Waals surface area (Å²) in [6.07, 6.45) is 2.82. The summed E-state index contributed by atoms with van der Waals surface area (Å²) in [5.74, 6) is -4.96. The molecule has 192 valence electrons. The third-order valence-electron chi connectivity index (χ3n) is 9.55. The topological polar surface area (TPSA) is 141 Å². The van der Waals surface area contributed by atoms with E-state index in [-0.39, 0.29) is 81.1 Å². The molecule has 3 saturated carbocycles. The van der Waals surface area contributed by atoms with Crippen molar-refractivity contribution < 1.29 is 113 Å². The predicted octanol–water partition coefficient (Wildman–Crippen LogP) is -2.02. The summed E-state index contributed by atoms with van der Waals surface area (Å²) in [4.78, 5) is 47.6. The van der Waals surface area contributed by atoms with Crippen molar-refractivity contribution >= 4 is 23.5 Å². The van der Waals surface area contributed by atoms with Gasteiger partial charge in [0.1, 0.15) is 5.60 Å². The Bertz CT molecular complexity index is 1040. The fourth-order valence-corrected chi connectivity index (χ4v) is 7.67. The molecule has 0 aromatic carbocycles. The van der Waals surface area contributed by atoms with Crippen LogP contribution in [0.3, 0.4) is 0 Å². The largest absolute Gasteiger partial charge is 1.00 e. The first kappa shape index (κ1) is 30.2. The molecule has 36 heavy (non-hydrogen) atoms. The molecule has 0 unspecified atom stereocenters. The number of Topliss-reactive ketones (excluding diaryl/α,β-unsaturated/α-hetero) is 1. The summed E-state index contributed by atoms with van der Waals surface area (Å²) >= 11 is 0. The minimum absolute atomic E-state index is 0. The van der Waals surface area contributed by atoms with Gasteiger partial charge >= 0.3 is 74.9 Å². The normalized spacial score (nSPS) is 42.8. The number of esters is 1. The van der Waals surface area contributed by atoms with E-state index in [9.17, 15) is 34.5 Å². The fourth-order valence-electron chi connectivity index (χ4n) is 7.67. The second-order valence-corrected chi connectivity index (χ2v) is 11.1. The molecule has 0 heterocycles. The van der Waals surface area contributed by atoms with Gasteiger partial charge in [-0.05, 0) is 63.0 Å². The van der Waals surface area contributed by atoms with Crippen molar-refractivity contribution in [1.29, 1.82) is 0 Å². The van der Waals surface area contributed by atoms with Gasteiger partial charge in [0, 0.05) is 22.7 Å². The van der Waals surface area contributed by atoms with Crippen LogP contribution in [-0.4, -0.2) is 57.7 Å². The number of aliphatic hydroxyl groups excluding tert-OH is 1. The van der Waals surface area contributed by atoms with Crippen LogP contribution in [0.5, 0.6) is 0 Å². The number of fused-ring (bicyclic) bond motifs is 5. The van der Waals surface area contributed by atoms with E-state index in [2.05, 4.69) is 0 Å². The summed E-state index contributed by atoms with van der Waals surface area (Å²) in [5.41, 5.74) is -5.75. The van der Waals surface area contributed by atoms with Crippen molar-refractivity contribution in [3.63, 3.8) is 0 Å². The molecular weight excluding hydrogens is 592 g/mol. The van der Waals surface area contributed by atoms with Crippen molar-refractivity contribution in [2.75, 3.05) is 6.61 Å². The Labute approximate surface area is 268 Å². The number of hydrogen-bond donors (Lipinski definition) is 2. The molecule has 10 heteroatoms. The maximum Gasteiger partial charge on any atom is 1.00 e. The van der Waals surface area contributed by atoms with Gasteiger partial charge in [-0.15, -0.1) is 0 Å². The molecule has 2 N–H and O–H groups in total. The molecule has 0 radical (unpaired) electrons. The number of aliphatic hydroxyl groups is 2. The molecular formula is C26H32CsFO8. The Balaban J connectivity index is 0.00000361. The van der Waals surface area contributed by atoms with E-state index in [1.54, 1.807) is 26.8 Å². The van der Waals surface area contributed by atoms with E-state index in [0.29, 0.717) is 24.8 Å². The van der Waals surface area contributed by atoms with Gasteiger partial charge in [0.25, 0.3) is 0 Å². The van der Waals surface area contributed by atoms with Crippen LogP contribution in [0.1, 0.15) is 59.3 Å². The second-order valence-electron chi connectivity index (χ2n) is 11.1. The van der Waals surface area contributed by atoms with Crippen LogP contribution in [0.15, 0.2) is 23.8 Å². The van der Waals surface area contributed by atoms with Gasteiger partial charge in [-0.25, -0.2) is 4.39 Å². The van der Waals surface area contributed by atoms with E-state index in [1.807, 2.05) is 0 Å². The molecule has 8 atom stereocenters. The van der Waals surface area contributed by atoms with E-state index >= 15 is 4.39 Å². The van der Waals surface area contributed by atoms with Crippen LogP contribution in [0.2, 0.25) is 0 Å². The number of allylic oxidation sites excluding steroid dienone is 4. The molecule has 0 aromatic heterocycles.